The summed E-state index contributed by atoms with van der Waals surface area (Å²) in [5, 5.41) is 3.07. The Hall–Kier alpha value is -3.31. The topological polar surface area (TPSA) is 119 Å². The molecule has 0 saturated heterocycles. The van der Waals surface area contributed by atoms with Crippen molar-refractivity contribution in [2.75, 3.05) is 13.7 Å². The van der Waals surface area contributed by atoms with Crippen molar-refractivity contribution < 1.29 is 17.6 Å². The van der Waals surface area contributed by atoms with Gasteiger partial charge in [-0.2, -0.15) is 0 Å². The van der Waals surface area contributed by atoms with Gasteiger partial charge in [-0.05, 0) is 36.6 Å². The van der Waals surface area contributed by atoms with Crippen molar-refractivity contribution in [2.24, 2.45) is 0 Å². The second-order valence-electron chi connectivity index (χ2n) is 9.10. The van der Waals surface area contributed by atoms with Gasteiger partial charge in [-0.1, -0.05) is 31.2 Å². The number of hydrogen-bond acceptors (Lipinski definition) is 6. The lowest BCUT2D eigenvalue weighted by Gasteiger charge is -2.17. The summed E-state index contributed by atoms with van der Waals surface area (Å²) in [7, 11) is -2.37. The number of sulfonamides is 1. The van der Waals surface area contributed by atoms with Crippen LogP contribution in [0.15, 0.2) is 68.3 Å². The van der Waals surface area contributed by atoms with Gasteiger partial charge in [-0.3, -0.25) is 18.7 Å². The number of nitrogens with zero attached hydrogens (tertiary/aromatic N) is 2. The van der Waals surface area contributed by atoms with Crippen molar-refractivity contribution in [2.45, 2.75) is 56.1 Å². The number of carbonyl (C=O) groups excluding carboxylic acids is 1. The van der Waals surface area contributed by atoms with Crippen LogP contribution in [0, 0.1) is 0 Å². The molecule has 9 nitrogen and oxygen atoms in total. The standard InChI is InChI=1S/C25H29FN4O5S/c1-3-18(31)15-29-22-10-9-19(36(34,35)28-25(16-26)11-12-25)13-20(22)23(32)30(24(29)33)14-17-7-5-4-6-8-21(17)27-2/h4-7,9-10,13,27-28H,3,8,11-12,14-16H2,1-2H3. The number of carbonyl (C=O) groups is 1. The summed E-state index contributed by atoms with van der Waals surface area (Å²) in [5.41, 5.74) is -0.744. The van der Waals surface area contributed by atoms with Crippen LogP contribution in [-0.2, 0) is 27.9 Å². The second-order valence-corrected chi connectivity index (χ2v) is 10.8. The number of halogens is 1. The van der Waals surface area contributed by atoms with Crippen molar-refractivity contribution in [3.05, 3.63) is 74.6 Å². The molecule has 1 aromatic heterocycles. The molecule has 2 N–H and O–H groups in total. The Labute approximate surface area is 208 Å². The average molecular weight is 517 g/mol. The van der Waals surface area contributed by atoms with Crippen LogP contribution in [0.2, 0.25) is 0 Å². The third kappa shape index (κ3) is 4.98. The van der Waals surface area contributed by atoms with E-state index in [4.69, 9.17) is 0 Å². The number of rotatable bonds is 10. The van der Waals surface area contributed by atoms with E-state index in [0.29, 0.717) is 24.8 Å². The molecule has 2 aromatic rings. The Balaban J connectivity index is 1.90. The maximum absolute atomic E-state index is 13.6. The van der Waals surface area contributed by atoms with E-state index in [9.17, 15) is 27.2 Å². The fourth-order valence-corrected chi connectivity index (χ4v) is 5.62. The van der Waals surface area contributed by atoms with Crippen LogP contribution in [0.1, 0.15) is 32.6 Å². The monoisotopic (exact) mass is 516 g/mol. The first-order chi connectivity index (χ1) is 17.1. The molecule has 0 radical (unpaired) electrons. The van der Waals surface area contributed by atoms with Crippen LogP contribution in [0.4, 0.5) is 4.39 Å². The van der Waals surface area contributed by atoms with E-state index >= 15 is 0 Å². The number of aromatic nitrogens is 2. The van der Waals surface area contributed by atoms with E-state index < -0.39 is 33.5 Å². The van der Waals surface area contributed by atoms with E-state index in [0.717, 1.165) is 10.3 Å². The third-order valence-corrected chi connectivity index (χ3v) is 8.16. The summed E-state index contributed by atoms with van der Waals surface area (Å²) in [6.07, 6.45) is 8.96. The van der Waals surface area contributed by atoms with Crippen LogP contribution in [0.3, 0.4) is 0 Å². The van der Waals surface area contributed by atoms with Crippen LogP contribution in [0.5, 0.6) is 0 Å². The first-order valence-electron chi connectivity index (χ1n) is 11.8. The molecule has 0 bridgehead atoms. The molecule has 0 amide bonds. The highest BCUT2D eigenvalue weighted by Crippen LogP contribution is 2.37. The molecule has 1 aromatic carbocycles. The number of ketones is 1. The van der Waals surface area contributed by atoms with Crippen molar-refractivity contribution in [1.82, 2.24) is 19.2 Å². The highest BCUT2D eigenvalue weighted by atomic mass is 32.2. The van der Waals surface area contributed by atoms with E-state index in [1.165, 1.54) is 22.8 Å². The minimum Gasteiger partial charge on any atom is -0.391 e. The molecule has 1 saturated carbocycles. The molecular weight excluding hydrogens is 487 g/mol. The predicted octanol–water partition coefficient (Wildman–Crippen LogP) is 1.91. The van der Waals surface area contributed by atoms with Crippen molar-refractivity contribution in [3.8, 4) is 0 Å². The summed E-state index contributed by atoms with van der Waals surface area (Å²) in [4.78, 5) is 39.1. The maximum Gasteiger partial charge on any atom is 0.332 e. The first-order valence-corrected chi connectivity index (χ1v) is 13.2. The Morgan fingerprint density at radius 2 is 1.92 bits per heavy atom. The molecule has 0 unspecified atom stereocenters. The maximum atomic E-state index is 13.6. The molecule has 11 heteroatoms. The van der Waals surface area contributed by atoms with Gasteiger partial charge in [0, 0.05) is 25.6 Å². The Bertz CT molecular complexity index is 1530. The highest BCUT2D eigenvalue weighted by molar-refractivity contribution is 7.89. The molecule has 4 rings (SSSR count). The largest absolute Gasteiger partial charge is 0.391 e. The number of Topliss-reactive ketones (excluding diaryl/α,β-unsaturated/α-hetero) is 1. The third-order valence-electron chi connectivity index (χ3n) is 6.58. The molecule has 1 fully saturated rings. The molecule has 2 aliphatic carbocycles. The molecule has 2 aliphatic rings. The first kappa shape index (κ1) is 25.8. The smallest absolute Gasteiger partial charge is 0.332 e. The quantitative estimate of drug-likeness (QED) is 0.498. The van der Waals surface area contributed by atoms with Crippen molar-refractivity contribution >= 4 is 26.7 Å². The molecule has 0 atom stereocenters. The van der Waals surface area contributed by atoms with E-state index in [1.807, 2.05) is 12.2 Å². The Kier molecular flexibility index (Phi) is 7.14. The van der Waals surface area contributed by atoms with Gasteiger partial charge in [0.05, 0.1) is 34.4 Å². The Morgan fingerprint density at radius 3 is 2.56 bits per heavy atom. The van der Waals surface area contributed by atoms with Crippen LogP contribution in [-0.4, -0.2) is 42.6 Å². The summed E-state index contributed by atoms with van der Waals surface area (Å²) >= 11 is 0. The van der Waals surface area contributed by atoms with E-state index in [1.54, 1.807) is 26.1 Å². The van der Waals surface area contributed by atoms with Gasteiger partial charge < -0.3 is 5.32 Å². The predicted molar refractivity (Wildman–Crippen MR) is 135 cm³/mol. The van der Waals surface area contributed by atoms with Gasteiger partial charge in [-0.15, -0.1) is 0 Å². The lowest BCUT2D eigenvalue weighted by Crippen LogP contribution is -2.42. The summed E-state index contributed by atoms with van der Waals surface area (Å²) in [6, 6.07) is 3.80. The molecule has 192 valence electrons. The number of alkyl halides is 1. The van der Waals surface area contributed by atoms with Crippen molar-refractivity contribution in [1.29, 1.82) is 0 Å². The zero-order valence-electron chi connectivity index (χ0n) is 20.2. The van der Waals surface area contributed by atoms with Crippen LogP contribution >= 0.6 is 0 Å². The highest BCUT2D eigenvalue weighted by Gasteiger charge is 2.46. The molecular formula is C25H29FN4O5S. The minimum atomic E-state index is -4.12. The molecule has 1 heterocycles. The van der Waals surface area contributed by atoms with E-state index in [-0.39, 0.29) is 41.1 Å². The zero-order valence-corrected chi connectivity index (χ0v) is 21.0. The average Bonchev–Trinajstić information content (AvgIpc) is 3.67. The number of nitrogens with one attached hydrogen (secondary N) is 2. The summed E-state index contributed by atoms with van der Waals surface area (Å²) in [6.45, 7) is 0.531. The van der Waals surface area contributed by atoms with Gasteiger partial charge >= 0.3 is 5.69 Å². The second kappa shape index (κ2) is 9.98. The number of allylic oxidation sites excluding steroid dienone is 5. The fraction of sp³-hybridized carbons (Fsp3) is 0.400. The number of benzene rings is 1. The fourth-order valence-electron chi connectivity index (χ4n) is 4.16. The van der Waals surface area contributed by atoms with E-state index in [2.05, 4.69) is 10.0 Å². The lowest BCUT2D eigenvalue weighted by molar-refractivity contribution is -0.119. The normalized spacial score (nSPS) is 16.9. The van der Waals surface area contributed by atoms with Crippen LogP contribution < -0.4 is 21.3 Å². The molecule has 0 aliphatic heterocycles. The van der Waals surface area contributed by atoms with Gasteiger partial charge in [-0.25, -0.2) is 22.3 Å². The minimum absolute atomic E-state index is 0.0196. The Morgan fingerprint density at radius 1 is 1.17 bits per heavy atom. The number of fused-ring (bicyclic) bond motifs is 1. The SMILES string of the molecule is CCC(=O)Cn1c(=O)n(CC2=C(NC)CC=CC=C2)c(=O)c2cc(S(=O)(=O)NC3(CF)CC3)ccc21. The van der Waals surface area contributed by atoms with Gasteiger partial charge in [0.1, 0.15) is 6.67 Å². The van der Waals surface area contributed by atoms with Crippen molar-refractivity contribution in [3.63, 3.8) is 0 Å². The summed E-state index contributed by atoms with van der Waals surface area (Å²) in [5.74, 6) is -0.214. The molecule has 0 spiro atoms. The lowest BCUT2D eigenvalue weighted by atomic mass is 10.1. The van der Waals surface area contributed by atoms with Crippen LogP contribution in [0.25, 0.3) is 10.9 Å². The summed E-state index contributed by atoms with van der Waals surface area (Å²) < 4.78 is 43.9. The molecule has 36 heavy (non-hydrogen) atoms. The zero-order chi connectivity index (χ0) is 26.1. The van der Waals surface area contributed by atoms with Gasteiger partial charge in [0.15, 0.2) is 5.78 Å². The van der Waals surface area contributed by atoms with Gasteiger partial charge in [0.25, 0.3) is 5.56 Å². The van der Waals surface area contributed by atoms with Gasteiger partial charge in [0.2, 0.25) is 10.0 Å². The number of hydrogen-bond donors (Lipinski definition) is 2.